The molecule has 0 radical (unpaired) electrons. The number of nitrogens with one attached hydrogen (secondary N) is 1. The zero-order valence-corrected chi connectivity index (χ0v) is 6.32. The van der Waals surface area contributed by atoms with Gasteiger partial charge in [-0.05, 0) is 0 Å². The van der Waals surface area contributed by atoms with Crippen LogP contribution in [-0.2, 0) is 9.53 Å². The monoisotopic (exact) mass is 159 g/mol. The van der Waals surface area contributed by atoms with Crippen LogP contribution < -0.4 is 11.2 Å². The first-order valence-electron chi connectivity index (χ1n) is 3.62. The fourth-order valence-corrected chi connectivity index (χ4v) is 0.934. The predicted molar refractivity (Wildman–Crippen MR) is 39.6 cm³/mol. The van der Waals surface area contributed by atoms with Crippen LogP contribution in [0.3, 0.4) is 0 Å². The topological polar surface area (TPSA) is 67.6 Å². The van der Waals surface area contributed by atoms with Crippen LogP contribution in [0.5, 0.6) is 0 Å². The lowest BCUT2D eigenvalue weighted by atomic mass is 10.5. The third-order valence-corrected chi connectivity index (χ3v) is 1.49. The highest BCUT2D eigenvalue weighted by Gasteiger charge is 2.11. The summed E-state index contributed by atoms with van der Waals surface area (Å²) in [6.07, 6.45) is 0.0863. The molecular weight excluding hydrogens is 146 g/mol. The summed E-state index contributed by atoms with van der Waals surface area (Å²) < 4.78 is 5.10. The van der Waals surface area contributed by atoms with E-state index in [0.29, 0.717) is 19.5 Å². The van der Waals surface area contributed by atoms with Gasteiger partial charge < -0.3 is 15.3 Å². The molecule has 0 spiro atoms. The van der Waals surface area contributed by atoms with Crippen LogP contribution in [0.1, 0.15) is 0 Å². The second-order valence-electron chi connectivity index (χ2n) is 2.39. The van der Waals surface area contributed by atoms with Gasteiger partial charge in [-0.25, -0.2) is 10.4 Å². The summed E-state index contributed by atoms with van der Waals surface area (Å²) in [4.78, 5) is 10.1. The van der Waals surface area contributed by atoms with Crippen LogP contribution in [0.2, 0.25) is 0 Å². The van der Waals surface area contributed by atoms with Gasteiger partial charge in [-0.2, -0.15) is 0 Å². The lowest BCUT2D eigenvalue weighted by Gasteiger charge is -2.28. The van der Waals surface area contributed by atoms with Gasteiger partial charge in [0.05, 0.1) is 13.2 Å². The number of nitrogens with two attached hydrogens (primary N) is 1. The molecule has 1 fully saturated rings. The molecule has 0 aromatic rings. The predicted octanol–water partition coefficient (Wildman–Crippen LogP) is -1.69. The molecule has 3 N–H and O–H groups in total. The zero-order chi connectivity index (χ0) is 8.10. The number of carbonyl (C=O) groups excluding carboxylic acids is 1. The Hall–Kier alpha value is -0.490. The van der Waals surface area contributed by atoms with Gasteiger partial charge in [-0.1, -0.05) is 0 Å². The Bertz CT molecular complexity index is 125. The Balaban J connectivity index is 2.18. The van der Waals surface area contributed by atoms with E-state index in [1.165, 1.54) is 0 Å². The fourth-order valence-electron chi connectivity index (χ4n) is 0.934. The molecule has 0 aromatic heterocycles. The van der Waals surface area contributed by atoms with Crippen LogP contribution in [0.25, 0.3) is 0 Å². The number of morpholine rings is 1. The Morgan fingerprint density at radius 3 is 2.73 bits per heavy atom. The highest BCUT2D eigenvalue weighted by atomic mass is 16.5. The quantitative estimate of drug-likeness (QED) is 0.380. The summed E-state index contributed by atoms with van der Waals surface area (Å²) in [5, 5.41) is 1.89. The summed E-state index contributed by atoms with van der Waals surface area (Å²) >= 11 is 0. The lowest BCUT2D eigenvalue weighted by molar-refractivity contribution is -0.111. The zero-order valence-electron chi connectivity index (χ0n) is 6.32. The van der Waals surface area contributed by atoms with Gasteiger partial charge in [0.1, 0.15) is 6.17 Å². The van der Waals surface area contributed by atoms with Crippen molar-refractivity contribution >= 4 is 6.29 Å². The van der Waals surface area contributed by atoms with Crippen molar-refractivity contribution in [3.8, 4) is 0 Å². The number of rotatable bonds is 3. The van der Waals surface area contributed by atoms with Crippen LogP contribution >= 0.6 is 0 Å². The molecule has 5 nitrogen and oxygen atoms in total. The molecule has 1 atom stereocenters. The SMILES string of the molecule is NC(C=O)NN1CCOCC1. The molecule has 0 bridgehead atoms. The number of aldehydes is 1. The van der Waals surface area contributed by atoms with Crippen molar-refractivity contribution in [3.05, 3.63) is 0 Å². The first kappa shape index (κ1) is 8.61. The van der Waals surface area contributed by atoms with E-state index < -0.39 is 6.17 Å². The van der Waals surface area contributed by atoms with Crippen molar-refractivity contribution in [3.63, 3.8) is 0 Å². The van der Waals surface area contributed by atoms with Gasteiger partial charge in [-0.15, -0.1) is 0 Å². The van der Waals surface area contributed by atoms with Gasteiger partial charge in [0.2, 0.25) is 0 Å². The van der Waals surface area contributed by atoms with E-state index in [-0.39, 0.29) is 0 Å². The molecule has 1 aliphatic rings. The summed E-state index contributed by atoms with van der Waals surface area (Å²) in [7, 11) is 0. The normalized spacial score (nSPS) is 23.0. The van der Waals surface area contributed by atoms with E-state index >= 15 is 0 Å². The highest BCUT2D eigenvalue weighted by molar-refractivity contribution is 5.55. The minimum Gasteiger partial charge on any atom is -0.379 e. The summed E-state index contributed by atoms with van der Waals surface area (Å²) in [6, 6.07) is 0. The van der Waals surface area contributed by atoms with Crippen molar-refractivity contribution in [2.24, 2.45) is 5.73 Å². The van der Waals surface area contributed by atoms with Crippen molar-refractivity contribution in [1.29, 1.82) is 0 Å². The maximum Gasteiger partial charge on any atom is 0.152 e. The maximum atomic E-state index is 10.1. The van der Waals surface area contributed by atoms with E-state index in [1.807, 2.05) is 5.01 Å². The smallest absolute Gasteiger partial charge is 0.152 e. The average Bonchev–Trinajstić information content (AvgIpc) is 2.06. The summed E-state index contributed by atoms with van der Waals surface area (Å²) in [5.41, 5.74) is 8.17. The van der Waals surface area contributed by atoms with Crippen molar-refractivity contribution in [2.75, 3.05) is 26.3 Å². The highest BCUT2D eigenvalue weighted by Crippen LogP contribution is 1.91. The van der Waals surface area contributed by atoms with Crippen LogP contribution in [0, 0.1) is 0 Å². The van der Waals surface area contributed by atoms with E-state index in [0.717, 1.165) is 13.1 Å². The van der Waals surface area contributed by atoms with E-state index in [1.54, 1.807) is 0 Å². The van der Waals surface area contributed by atoms with Crippen LogP contribution in [0.4, 0.5) is 0 Å². The first-order valence-corrected chi connectivity index (χ1v) is 3.62. The van der Waals surface area contributed by atoms with E-state index in [9.17, 15) is 4.79 Å². The number of hydrogen-bond donors (Lipinski definition) is 2. The molecule has 1 rings (SSSR count). The van der Waals surface area contributed by atoms with Crippen molar-refractivity contribution in [2.45, 2.75) is 6.17 Å². The van der Waals surface area contributed by atoms with Gasteiger partial charge in [0, 0.05) is 13.1 Å². The molecule has 1 saturated heterocycles. The molecule has 64 valence electrons. The van der Waals surface area contributed by atoms with E-state index in [2.05, 4.69) is 5.43 Å². The molecule has 0 aliphatic carbocycles. The summed E-state index contributed by atoms with van der Waals surface area (Å²) in [6.45, 7) is 2.94. The molecule has 1 unspecified atom stereocenters. The second-order valence-corrected chi connectivity index (χ2v) is 2.39. The Labute approximate surface area is 65.5 Å². The van der Waals surface area contributed by atoms with Gasteiger partial charge in [0.15, 0.2) is 6.29 Å². The molecule has 1 aliphatic heterocycles. The Kier molecular flexibility index (Phi) is 3.44. The van der Waals surface area contributed by atoms with Gasteiger partial charge in [0.25, 0.3) is 0 Å². The number of hydrazine groups is 1. The maximum absolute atomic E-state index is 10.1. The van der Waals surface area contributed by atoms with E-state index in [4.69, 9.17) is 10.5 Å². The molecule has 1 heterocycles. The van der Waals surface area contributed by atoms with Crippen LogP contribution in [-0.4, -0.2) is 43.8 Å². The summed E-state index contributed by atoms with van der Waals surface area (Å²) in [5.74, 6) is 0. The Morgan fingerprint density at radius 2 is 2.18 bits per heavy atom. The number of hydrogen-bond acceptors (Lipinski definition) is 5. The average molecular weight is 159 g/mol. The number of nitrogens with zero attached hydrogens (tertiary/aromatic N) is 1. The molecule has 0 aromatic carbocycles. The number of carbonyl (C=O) groups is 1. The minimum atomic E-state index is -0.590. The molecular formula is C6H13N3O2. The van der Waals surface area contributed by atoms with Crippen LogP contribution in [0.15, 0.2) is 0 Å². The largest absolute Gasteiger partial charge is 0.379 e. The van der Waals surface area contributed by atoms with Gasteiger partial charge in [-0.3, -0.25) is 0 Å². The van der Waals surface area contributed by atoms with Crippen molar-refractivity contribution in [1.82, 2.24) is 10.4 Å². The van der Waals surface area contributed by atoms with Crippen molar-refractivity contribution < 1.29 is 9.53 Å². The molecule has 0 amide bonds. The molecule has 11 heavy (non-hydrogen) atoms. The third-order valence-electron chi connectivity index (χ3n) is 1.49. The first-order chi connectivity index (χ1) is 5.33. The minimum absolute atomic E-state index is 0.590. The molecule has 0 saturated carbocycles. The second kappa shape index (κ2) is 4.40. The Morgan fingerprint density at radius 1 is 1.55 bits per heavy atom. The third kappa shape index (κ3) is 2.94. The standard InChI is InChI=1S/C6H13N3O2/c7-6(5-10)8-9-1-3-11-4-2-9/h5-6,8H,1-4,7H2. The number of ether oxygens (including phenoxy) is 1. The molecule has 5 heteroatoms. The fraction of sp³-hybridized carbons (Fsp3) is 0.833. The lowest BCUT2D eigenvalue weighted by Crippen LogP contribution is -2.53. The van der Waals surface area contributed by atoms with Gasteiger partial charge >= 0.3 is 0 Å².